The summed E-state index contributed by atoms with van der Waals surface area (Å²) in [6, 6.07) is 5.47. The molecule has 0 radical (unpaired) electrons. The van der Waals surface area contributed by atoms with Crippen LogP contribution in [-0.2, 0) is 27.9 Å². The number of likely N-dealkylation sites (tertiary alicyclic amines) is 1. The van der Waals surface area contributed by atoms with Crippen LogP contribution in [0.4, 0.5) is 0 Å². The maximum atomic E-state index is 13.2. The number of aromatic nitrogens is 1. The summed E-state index contributed by atoms with van der Waals surface area (Å²) < 4.78 is 2.00. The van der Waals surface area contributed by atoms with Crippen molar-refractivity contribution in [2.45, 2.75) is 57.7 Å². The van der Waals surface area contributed by atoms with Gasteiger partial charge in [0.2, 0.25) is 11.8 Å². The summed E-state index contributed by atoms with van der Waals surface area (Å²) in [4.78, 5) is 39.0. The normalized spacial score (nSPS) is 19.2. The average Bonchev–Trinajstić information content (AvgIpc) is 3.36. The van der Waals surface area contributed by atoms with Crippen molar-refractivity contribution in [1.82, 2.24) is 14.8 Å². The number of fused-ring (bicyclic) bond motifs is 1. The monoisotopic (exact) mass is 428 g/mol. The van der Waals surface area contributed by atoms with E-state index in [-0.39, 0.29) is 11.8 Å². The van der Waals surface area contributed by atoms with Crippen molar-refractivity contribution >= 4 is 28.7 Å². The van der Waals surface area contributed by atoms with Gasteiger partial charge in [-0.2, -0.15) is 0 Å². The maximum absolute atomic E-state index is 13.2. The van der Waals surface area contributed by atoms with E-state index in [1.54, 1.807) is 0 Å². The molecule has 0 unspecified atom stereocenters. The number of hydrogen-bond donors (Lipinski definition) is 3. The molecule has 1 fully saturated rings. The highest BCUT2D eigenvalue weighted by Gasteiger charge is 2.39. The number of para-hydroxylation sites is 1. The highest BCUT2D eigenvalue weighted by Crippen LogP contribution is 2.23. The highest BCUT2D eigenvalue weighted by atomic mass is 16.4. The minimum absolute atomic E-state index is 0.142. The summed E-state index contributed by atoms with van der Waals surface area (Å²) >= 11 is 0. The molecule has 0 saturated carbocycles. The van der Waals surface area contributed by atoms with Gasteiger partial charge < -0.3 is 25.6 Å². The van der Waals surface area contributed by atoms with Crippen molar-refractivity contribution < 1.29 is 19.5 Å². The quantitative estimate of drug-likeness (QED) is 0.591. The number of rotatable bonds is 8. The van der Waals surface area contributed by atoms with Crippen LogP contribution in [0, 0.1) is 5.92 Å². The van der Waals surface area contributed by atoms with Gasteiger partial charge in [0.15, 0.2) is 0 Å². The zero-order chi connectivity index (χ0) is 22.7. The third-order valence-electron chi connectivity index (χ3n) is 6.35. The second-order valence-corrected chi connectivity index (χ2v) is 8.49. The van der Waals surface area contributed by atoms with E-state index in [0.717, 1.165) is 16.5 Å². The minimum atomic E-state index is -1.01. The Kier molecular flexibility index (Phi) is 7.00. The molecule has 0 bridgehead atoms. The molecule has 0 aliphatic carbocycles. The second kappa shape index (κ2) is 9.51. The molecule has 168 valence electrons. The second-order valence-electron chi connectivity index (χ2n) is 8.49. The molecular weight excluding hydrogens is 396 g/mol. The predicted molar refractivity (Wildman–Crippen MR) is 118 cm³/mol. The number of aliphatic carboxylic acids is 1. The lowest BCUT2D eigenvalue weighted by atomic mass is 9.96. The van der Waals surface area contributed by atoms with Gasteiger partial charge in [0.1, 0.15) is 12.1 Å². The molecular formula is C23H32N4O4. The first-order valence-electron chi connectivity index (χ1n) is 10.9. The van der Waals surface area contributed by atoms with Gasteiger partial charge in [0, 0.05) is 30.7 Å². The van der Waals surface area contributed by atoms with Gasteiger partial charge in [-0.15, -0.1) is 0 Å². The molecule has 1 aliphatic heterocycles. The zero-order valence-electron chi connectivity index (χ0n) is 18.4. The third-order valence-corrected chi connectivity index (χ3v) is 6.35. The molecule has 1 saturated heterocycles. The predicted octanol–water partition coefficient (Wildman–Crippen LogP) is 1.65. The number of nitrogens with one attached hydrogen (secondary N) is 1. The fourth-order valence-electron chi connectivity index (χ4n) is 4.33. The van der Waals surface area contributed by atoms with Crippen LogP contribution in [-0.4, -0.2) is 57.0 Å². The zero-order valence-corrected chi connectivity index (χ0v) is 18.4. The van der Waals surface area contributed by atoms with E-state index in [4.69, 9.17) is 5.73 Å². The van der Waals surface area contributed by atoms with Crippen LogP contribution in [0.1, 0.15) is 38.7 Å². The molecule has 2 amide bonds. The number of nitrogens with two attached hydrogens (primary N) is 1. The maximum Gasteiger partial charge on any atom is 0.326 e. The molecule has 1 aliphatic rings. The smallest absolute Gasteiger partial charge is 0.326 e. The first kappa shape index (κ1) is 22.8. The summed E-state index contributed by atoms with van der Waals surface area (Å²) in [5.74, 6) is -1.90. The van der Waals surface area contributed by atoms with Crippen molar-refractivity contribution in [2.75, 3.05) is 6.54 Å². The molecule has 8 nitrogen and oxygen atoms in total. The van der Waals surface area contributed by atoms with Crippen LogP contribution in [0.2, 0.25) is 0 Å². The van der Waals surface area contributed by atoms with Gasteiger partial charge >= 0.3 is 5.97 Å². The number of benzene rings is 1. The van der Waals surface area contributed by atoms with Crippen molar-refractivity contribution in [3.05, 3.63) is 36.0 Å². The van der Waals surface area contributed by atoms with Gasteiger partial charge in [0.25, 0.3) is 0 Å². The fraction of sp³-hybridized carbons (Fsp3) is 0.522. The number of carbonyl (C=O) groups is 3. The molecule has 3 rings (SSSR count). The number of carbonyl (C=O) groups excluding carboxylic acids is 2. The first-order chi connectivity index (χ1) is 14.7. The van der Waals surface area contributed by atoms with Crippen LogP contribution >= 0.6 is 0 Å². The van der Waals surface area contributed by atoms with Gasteiger partial charge in [0.05, 0.1) is 6.04 Å². The lowest BCUT2D eigenvalue weighted by molar-refractivity contribution is -0.150. The standard InChI is InChI=1S/C23H32N4O4/c1-4-14(2)20(22(29)27-11-7-10-19(27)23(30)31)25-21(28)17(24)12-15-13-26(3)18-9-6-5-8-16(15)18/h5-6,8-9,13-14,17,19-20H,4,7,10-12,24H2,1-3H3,(H,25,28)(H,30,31)/t14-,17-,19-,20-/m0/s1. The van der Waals surface area contributed by atoms with Crippen molar-refractivity contribution in [3.8, 4) is 0 Å². The van der Waals surface area contributed by atoms with E-state index in [1.807, 2.05) is 55.9 Å². The van der Waals surface area contributed by atoms with Crippen molar-refractivity contribution in [2.24, 2.45) is 18.7 Å². The summed E-state index contributed by atoms with van der Waals surface area (Å²) in [5.41, 5.74) is 8.26. The fourth-order valence-corrected chi connectivity index (χ4v) is 4.33. The first-order valence-corrected chi connectivity index (χ1v) is 10.9. The molecule has 1 aromatic carbocycles. The average molecular weight is 429 g/mol. The van der Waals surface area contributed by atoms with Crippen LogP contribution in [0.3, 0.4) is 0 Å². The Hall–Kier alpha value is -2.87. The van der Waals surface area contributed by atoms with E-state index >= 15 is 0 Å². The number of hydrogen-bond acceptors (Lipinski definition) is 4. The number of nitrogens with zero attached hydrogens (tertiary/aromatic N) is 2. The summed E-state index contributed by atoms with van der Waals surface area (Å²) in [5, 5.41) is 13.3. The summed E-state index contributed by atoms with van der Waals surface area (Å²) in [7, 11) is 1.95. The molecule has 0 spiro atoms. The number of carboxylic acid groups (broad SMARTS) is 1. The molecule has 1 aromatic heterocycles. The van der Waals surface area contributed by atoms with Crippen LogP contribution in [0.5, 0.6) is 0 Å². The molecule has 2 heterocycles. The largest absolute Gasteiger partial charge is 0.480 e. The van der Waals surface area contributed by atoms with E-state index in [0.29, 0.717) is 32.2 Å². The molecule has 2 aromatic rings. The Morgan fingerprint density at radius 2 is 2.00 bits per heavy atom. The lowest BCUT2D eigenvalue weighted by Crippen LogP contribution is -2.57. The topological polar surface area (TPSA) is 118 Å². The van der Waals surface area contributed by atoms with Crippen LogP contribution in [0.15, 0.2) is 30.5 Å². The highest BCUT2D eigenvalue weighted by molar-refractivity contribution is 5.93. The Balaban J connectivity index is 1.74. The van der Waals surface area contributed by atoms with Gasteiger partial charge in [-0.25, -0.2) is 4.79 Å². The number of amides is 2. The van der Waals surface area contributed by atoms with E-state index in [2.05, 4.69) is 5.32 Å². The SMILES string of the molecule is CC[C@H](C)[C@H](NC(=O)[C@@H](N)Cc1cn(C)c2ccccc12)C(=O)N1CCC[C@H]1C(=O)O. The van der Waals surface area contributed by atoms with E-state index < -0.39 is 30.0 Å². The Morgan fingerprint density at radius 3 is 2.68 bits per heavy atom. The Bertz CT molecular complexity index is 970. The van der Waals surface area contributed by atoms with Crippen LogP contribution < -0.4 is 11.1 Å². The molecule has 4 N–H and O–H groups in total. The Labute approximate surface area is 182 Å². The Morgan fingerprint density at radius 1 is 1.29 bits per heavy atom. The summed E-state index contributed by atoms with van der Waals surface area (Å²) in [6.07, 6.45) is 4.06. The van der Waals surface area contributed by atoms with Gasteiger partial charge in [-0.1, -0.05) is 38.5 Å². The number of carboxylic acids is 1. The van der Waals surface area contributed by atoms with Gasteiger partial charge in [-0.05, 0) is 36.8 Å². The lowest BCUT2D eigenvalue weighted by Gasteiger charge is -2.31. The van der Waals surface area contributed by atoms with Crippen LogP contribution in [0.25, 0.3) is 10.9 Å². The summed E-state index contributed by atoms with van der Waals surface area (Å²) in [6.45, 7) is 4.21. The molecule has 4 atom stereocenters. The third kappa shape index (κ3) is 4.74. The molecule has 31 heavy (non-hydrogen) atoms. The number of aryl methyl sites for hydroxylation is 1. The van der Waals surface area contributed by atoms with E-state index in [9.17, 15) is 19.5 Å². The molecule has 8 heteroatoms. The van der Waals surface area contributed by atoms with Crippen molar-refractivity contribution in [3.63, 3.8) is 0 Å². The van der Waals surface area contributed by atoms with Gasteiger partial charge in [-0.3, -0.25) is 9.59 Å². The van der Waals surface area contributed by atoms with E-state index in [1.165, 1.54) is 4.90 Å². The van der Waals surface area contributed by atoms with Crippen molar-refractivity contribution in [1.29, 1.82) is 0 Å². The minimum Gasteiger partial charge on any atom is -0.480 e.